The predicted molar refractivity (Wildman–Crippen MR) is 60.6 cm³/mol. The monoisotopic (exact) mass is 240 g/mol. The molecule has 0 saturated carbocycles. The molecule has 1 saturated heterocycles. The van der Waals surface area contributed by atoms with E-state index in [0.29, 0.717) is 18.2 Å². The number of hydrogen-bond acceptors (Lipinski definition) is 5. The number of nitrogens with one attached hydrogen (secondary N) is 1. The lowest BCUT2D eigenvalue weighted by Gasteiger charge is -2.07. The molecular formula is C11H16N2O4. The van der Waals surface area contributed by atoms with E-state index in [4.69, 9.17) is 9.15 Å². The van der Waals surface area contributed by atoms with Crippen LogP contribution in [0.2, 0.25) is 0 Å². The predicted octanol–water partition coefficient (Wildman–Crippen LogP) is 1.70. The molecule has 2 rings (SSSR count). The third-order valence-corrected chi connectivity index (χ3v) is 2.88. The van der Waals surface area contributed by atoms with Crippen LogP contribution in [0.3, 0.4) is 0 Å². The van der Waals surface area contributed by atoms with Crippen molar-refractivity contribution in [3.63, 3.8) is 0 Å². The van der Waals surface area contributed by atoms with E-state index in [-0.39, 0.29) is 5.88 Å². The van der Waals surface area contributed by atoms with Gasteiger partial charge in [-0.2, -0.15) is 0 Å². The van der Waals surface area contributed by atoms with E-state index in [1.54, 1.807) is 6.07 Å². The number of nitro groups is 1. The van der Waals surface area contributed by atoms with Crippen LogP contribution in [0.4, 0.5) is 5.88 Å². The summed E-state index contributed by atoms with van der Waals surface area (Å²) < 4.78 is 10.3. The first-order valence-electron chi connectivity index (χ1n) is 5.77. The van der Waals surface area contributed by atoms with Gasteiger partial charge in [0.05, 0.1) is 12.6 Å². The minimum absolute atomic E-state index is 0.203. The maximum atomic E-state index is 10.4. The first kappa shape index (κ1) is 12.1. The molecule has 1 N–H and O–H groups in total. The van der Waals surface area contributed by atoms with Gasteiger partial charge in [-0.3, -0.25) is 10.1 Å². The zero-order valence-electron chi connectivity index (χ0n) is 9.55. The Morgan fingerprint density at radius 2 is 2.41 bits per heavy atom. The first-order valence-corrected chi connectivity index (χ1v) is 5.77. The summed E-state index contributed by atoms with van der Waals surface area (Å²) in [5.41, 5.74) is 0. The highest BCUT2D eigenvalue weighted by Gasteiger charge is 2.15. The largest absolute Gasteiger partial charge is 0.433 e. The van der Waals surface area contributed by atoms with Gasteiger partial charge in [0.25, 0.3) is 0 Å². The maximum absolute atomic E-state index is 10.4. The van der Waals surface area contributed by atoms with E-state index in [1.807, 2.05) is 0 Å². The number of rotatable bonds is 6. The quantitative estimate of drug-likeness (QED) is 0.465. The number of nitrogens with zero attached hydrogens (tertiary/aromatic N) is 1. The Balaban J connectivity index is 1.65. The van der Waals surface area contributed by atoms with E-state index >= 15 is 0 Å². The van der Waals surface area contributed by atoms with Crippen molar-refractivity contribution in [1.82, 2.24) is 5.32 Å². The summed E-state index contributed by atoms with van der Waals surface area (Å²) in [6.45, 7) is 3.13. The topological polar surface area (TPSA) is 77.5 Å². The van der Waals surface area contributed by atoms with Gasteiger partial charge in [0, 0.05) is 13.2 Å². The molecule has 6 nitrogen and oxygen atoms in total. The standard InChI is InChI=1S/C11H16N2O4/c14-13(15)11-2-1-10(17-11)7-12-5-3-9-4-6-16-8-9/h1-2,9,12H,3-8H2. The van der Waals surface area contributed by atoms with Gasteiger partial charge in [-0.05, 0) is 31.4 Å². The average Bonchev–Trinajstić information content (AvgIpc) is 2.96. The van der Waals surface area contributed by atoms with Crippen LogP contribution in [0.5, 0.6) is 0 Å². The summed E-state index contributed by atoms with van der Waals surface area (Å²) in [7, 11) is 0. The fraction of sp³-hybridized carbons (Fsp3) is 0.636. The van der Waals surface area contributed by atoms with E-state index in [2.05, 4.69) is 5.32 Å². The van der Waals surface area contributed by atoms with Crippen LogP contribution >= 0.6 is 0 Å². The van der Waals surface area contributed by atoms with E-state index in [0.717, 1.165) is 32.6 Å². The van der Waals surface area contributed by atoms with Crippen molar-refractivity contribution in [2.75, 3.05) is 19.8 Å². The molecule has 0 aromatic carbocycles. The Labute approximate surface area is 99.1 Å². The second-order valence-electron chi connectivity index (χ2n) is 4.19. The molecule has 0 aliphatic carbocycles. The fourth-order valence-electron chi connectivity index (χ4n) is 1.89. The highest BCUT2D eigenvalue weighted by Crippen LogP contribution is 2.16. The molecule has 2 heterocycles. The van der Waals surface area contributed by atoms with Gasteiger partial charge in [0.2, 0.25) is 0 Å². The van der Waals surface area contributed by atoms with Crippen LogP contribution in [0.25, 0.3) is 0 Å². The van der Waals surface area contributed by atoms with Crippen molar-refractivity contribution in [1.29, 1.82) is 0 Å². The normalized spacial score (nSPS) is 19.6. The van der Waals surface area contributed by atoms with Gasteiger partial charge in [-0.15, -0.1) is 0 Å². The SMILES string of the molecule is O=[N+]([O-])c1ccc(CNCCC2CCOC2)o1. The minimum Gasteiger partial charge on any atom is -0.404 e. The fourth-order valence-corrected chi connectivity index (χ4v) is 1.89. The van der Waals surface area contributed by atoms with Crippen LogP contribution in [-0.4, -0.2) is 24.7 Å². The zero-order chi connectivity index (χ0) is 12.1. The number of ether oxygens (including phenoxy) is 1. The smallest absolute Gasteiger partial charge is 0.404 e. The molecule has 1 aromatic heterocycles. The lowest BCUT2D eigenvalue weighted by molar-refractivity contribution is -0.402. The Kier molecular flexibility index (Phi) is 4.11. The average molecular weight is 240 g/mol. The van der Waals surface area contributed by atoms with Crippen molar-refractivity contribution < 1.29 is 14.1 Å². The molecule has 0 bridgehead atoms. The number of hydrogen-bond donors (Lipinski definition) is 1. The van der Waals surface area contributed by atoms with Crippen molar-refractivity contribution in [2.45, 2.75) is 19.4 Å². The third-order valence-electron chi connectivity index (χ3n) is 2.88. The van der Waals surface area contributed by atoms with Crippen LogP contribution in [-0.2, 0) is 11.3 Å². The van der Waals surface area contributed by atoms with Gasteiger partial charge < -0.3 is 14.5 Å². The lowest BCUT2D eigenvalue weighted by atomic mass is 10.1. The highest BCUT2D eigenvalue weighted by atomic mass is 16.6. The van der Waals surface area contributed by atoms with E-state index < -0.39 is 4.92 Å². The molecule has 1 atom stereocenters. The second kappa shape index (κ2) is 5.79. The van der Waals surface area contributed by atoms with E-state index in [9.17, 15) is 10.1 Å². The number of furan rings is 1. The highest BCUT2D eigenvalue weighted by molar-refractivity contribution is 5.17. The molecule has 6 heteroatoms. The molecule has 94 valence electrons. The molecule has 1 aliphatic rings. The summed E-state index contributed by atoms with van der Waals surface area (Å²) in [4.78, 5) is 9.87. The van der Waals surface area contributed by atoms with Gasteiger partial charge >= 0.3 is 5.88 Å². The molecule has 0 radical (unpaired) electrons. The molecule has 0 amide bonds. The third kappa shape index (κ3) is 3.54. The summed E-state index contributed by atoms with van der Waals surface area (Å²) in [6.07, 6.45) is 2.21. The molecule has 1 aromatic rings. The molecule has 1 aliphatic heterocycles. The van der Waals surface area contributed by atoms with E-state index in [1.165, 1.54) is 6.07 Å². The second-order valence-corrected chi connectivity index (χ2v) is 4.19. The van der Waals surface area contributed by atoms with Gasteiger partial charge in [0.1, 0.15) is 10.7 Å². The van der Waals surface area contributed by atoms with Gasteiger partial charge in [-0.25, -0.2) is 0 Å². The van der Waals surface area contributed by atoms with Crippen molar-refractivity contribution in [3.05, 3.63) is 28.0 Å². The summed E-state index contributed by atoms with van der Waals surface area (Å²) >= 11 is 0. The maximum Gasteiger partial charge on any atom is 0.433 e. The van der Waals surface area contributed by atoms with Gasteiger partial charge in [-0.1, -0.05) is 0 Å². The van der Waals surface area contributed by atoms with Crippen molar-refractivity contribution in [2.24, 2.45) is 5.92 Å². The Bertz CT molecular complexity index is 371. The molecule has 1 unspecified atom stereocenters. The van der Waals surface area contributed by atoms with Crippen molar-refractivity contribution >= 4 is 5.88 Å². The van der Waals surface area contributed by atoms with Crippen LogP contribution in [0.1, 0.15) is 18.6 Å². The minimum atomic E-state index is -0.528. The Morgan fingerprint density at radius 3 is 3.06 bits per heavy atom. The zero-order valence-corrected chi connectivity index (χ0v) is 9.55. The first-order chi connectivity index (χ1) is 8.25. The summed E-state index contributed by atoms with van der Waals surface area (Å²) in [5, 5.41) is 13.6. The molecule has 0 spiro atoms. The molecular weight excluding hydrogens is 224 g/mol. The Morgan fingerprint density at radius 1 is 1.53 bits per heavy atom. The lowest BCUT2D eigenvalue weighted by Crippen LogP contribution is -2.17. The van der Waals surface area contributed by atoms with Crippen LogP contribution in [0.15, 0.2) is 16.5 Å². The molecule has 1 fully saturated rings. The van der Waals surface area contributed by atoms with Crippen LogP contribution in [0, 0.1) is 16.0 Å². The van der Waals surface area contributed by atoms with Crippen molar-refractivity contribution in [3.8, 4) is 0 Å². The summed E-state index contributed by atoms with van der Waals surface area (Å²) in [6, 6.07) is 3.01. The summed E-state index contributed by atoms with van der Waals surface area (Å²) in [5.74, 6) is 1.04. The Hall–Kier alpha value is -1.40. The molecule has 17 heavy (non-hydrogen) atoms. The van der Waals surface area contributed by atoms with Gasteiger partial charge in [0.15, 0.2) is 0 Å². The van der Waals surface area contributed by atoms with Crippen LogP contribution < -0.4 is 5.32 Å².